The van der Waals surface area contributed by atoms with Gasteiger partial charge >= 0.3 is 0 Å². The van der Waals surface area contributed by atoms with Crippen molar-refractivity contribution in [3.05, 3.63) is 11.9 Å². The van der Waals surface area contributed by atoms with Crippen LogP contribution in [0.25, 0.3) is 0 Å². The molecule has 0 radical (unpaired) electrons. The number of hydrogen-bond acceptors (Lipinski definition) is 4. The zero-order valence-corrected chi connectivity index (χ0v) is 11.4. The van der Waals surface area contributed by atoms with Crippen molar-refractivity contribution in [2.45, 2.75) is 26.3 Å². The summed E-state index contributed by atoms with van der Waals surface area (Å²) in [6.45, 7) is 4.12. The summed E-state index contributed by atoms with van der Waals surface area (Å²) in [6.07, 6.45) is 2.59. The highest BCUT2D eigenvalue weighted by Gasteiger charge is 2.15. The van der Waals surface area contributed by atoms with Crippen molar-refractivity contribution in [1.82, 2.24) is 15.1 Å². The van der Waals surface area contributed by atoms with Crippen molar-refractivity contribution >= 4 is 23.4 Å². The van der Waals surface area contributed by atoms with Crippen molar-refractivity contribution < 1.29 is 4.79 Å². The Morgan fingerprint density at radius 2 is 2.41 bits per heavy atom. The van der Waals surface area contributed by atoms with Crippen LogP contribution in [-0.4, -0.2) is 33.2 Å². The second kappa shape index (κ2) is 6.54. The number of nitrogens with two attached hydrogens (primary N) is 1. The van der Waals surface area contributed by atoms with Gasteiger partial charge in [-0.25, -0.2) is 0 Å². The summed E-state index contributed by atoms with van der Waals surface area (Å²) >= 11 is 1.87. The number of aryl methyl sites for hydroxylation is 1. The minimum Gasteiger partial charge on any atom is -0.396 e. The Bertz CT molecular complexity index is 378. The lowest BCUT2D eigenvalue weighted by molar-refractivity contribution is 0.0934. The van der Waals surface area contributed by atoms with Gasteiger partial charge in [-0.1, -0.05) is 6.92 Å². The van der Waals surface area contributed by atoms with E-state index in [0.717, 1.165) is 17.9 Å². The lowest BCUT2D eigenvalue weighted by Crippen LogP contribution is -2.33. The third kappa shape index (κ3) is 4.30. The Kier molecular flexibility index (Phi) is 5.34. The van der Waals surface area contributed by atoms with Gasteiger partial charge in [0.1, 0.15) is 0 Å². The number of carbonyl (C=O) groups excluding carboxylic acids is 1. The van der Waals surface area contributed by atoms with Crippen LogP contribution < -0.4 is 11.1 Å². The average Bonchev–Trinajstić information content (AvgIpc) is 2.58. The molecule has 0 aliphatic carbocycles. The van der Waals surface area contributed by atoms with Crippen molar-refractivity contribution in [2.75, 3.05) is 17.2 Å². The first-order chi connectivity index (χ1) is 8.04. The lowest BCUT2D eigenvalue weighted by Gasteiger charge is -2.12. The van der Waals surface area contributed by atoms with Crippen molar-refractivity contribution in [1.29, 1.82) is 0 Å². The molecule has 17 heavy (non-hydrogen) atoms. The molecule has 0 aliphatic rings. The topological polar surface area (TPSA) is 72.9 Å². The standard InChI is InChI=1S/C11H20N4OS/c1-4-17-6-5-8(2)13-11(16)10-9(12)7-15(3)14-10/h7-8H,4-6,12H2,1-3H3,(H,13,16). The van der Waals surface area contributed by atoms with Gasteiger partial charge < -0.3 is 11.1 Å². The maximum absolute atomic E-state index is 11.8. The quantitative estimate of drug-likeness (QED) is 0.752. The van der Waals surface area contributed by atoms with Crippen molar-refractivity contribution in [2.24, 2.45) is 7.05 Å². The smallest absolute Gasteiger partial charge is 0.274 e. The largest absolute Gasteiger partial charge is 0.396 e. The van der Waals surface area contributed by atoms with E-state index in [9.17, 15) is 4.79 Å². The molecule has 1 amide bonds. The van der Waals surface area contributed by atoms with Crippen LogP contribution >= 0.6 is 11.8 Å². The maximum Gasteiger partial charge on any atom is 0.274 e. The Hall–Kier alpha value is -1.17. The second-order valence-electron chi connectivity index (χ2n) is 3.97. The van der Waals surface area contributed by atoms with Gasteiger partial charge in [0.25, 0.3) is 5.91 Å². The maximum atomic E-state index is 11.8. The predicted octanol–water partition coefficient (Wildman–Crippen LogP) is 1.26. The number of thioether (sulfide) groups is 1. The van der Waals surface area contributed by atoms with E-state index in [4.69, 9.17) is 5.73 Å². The number of nitrogens with one attached hydrogen (secondary N) is 1. The van der Waals surface area contributed by atoms with E-state index in [2.05, 4.69) is 17.3 Å². The van der Waals surface area contributed by atoms with Crippen LogP contribution in [0.15, 0.2) is 6.20 Å². The lowest BCUT2D eigenvalue weighted by atomic mass is 10.2. The summed E-state index contributed by atoms with van der Waals surface area (Å²) in [5.74, 6) is 1.96. The third-order valence-corrected chi connectivity index (χ3v) is 3.28. The number of carbonyl (C=O) groups is 1. The van der Waals surface area contributed by atoms with E-state index in [0.29, 0.717) is 11.4 Å². The highest BCUT2D eigenvalue weighted by Crippen LogP contribution is 2.09. The third-order valence-electron chi connectivity index (χ3n) is 2.35. The van der Waals surface area contributed by atoms with Gasteiger partial charge in [0.2, 0.25) is 0 Å². The molecule has 0 fully saturated rings. The minimum absolute atomic E-state index is 0.142. The molecule has 5 nitrogen and oxygen atoms in total. The number of hydrogen-bond donors (Lipinski definition) is 2. The predicted molar refractivity (Wildman–Crippen MR) is 72.2 cm³/mol. The van der Waals surface area contributed by atoms with E-state index < -0.39 is 0 Å². The van der Waals surface area contributed by atoms with Crippen LogP contribution in [-0.2, 0) is 7.05 Å². The Balaban J connectivity index is 2.46. The number of nitrogen functional groups attached to an aromatic ring is 1. The fraction of sp³-hybridized carbons (Fsp3) is 0.636. The first kappa shape index (κ1) is 13.9. The number of anilines is 1. The Labute approximate surface area is 106 Å². The van der Waals surface area contributed by atoms with Crippen molar-refractivity contribution in [3.63, 3.8) is 0 Å². The van der Waals surface area contributed by atoms with E-state index in [-0.39, 0.29) is 11.9 Å². The molecule has 1 aromatic rings. The number of nitrogens with zero attached hydrogens (tertiary/aromatic N) is 2. The summed E-state index contributed by atoms with van der Waals surface area (Å²) in [5.41, 5.74) is 6.42. The van der Waals surface area contributed by atoms with Gasteiger partial charge in [-0.3, -0.25) is 9.48 Å². The first-order valence-electron chi connectivity index (χ1n) is 5.72. The van der Waals surface area contributed by atoms with E-state index in [1.807, 2.05) is 18.7 Å². The van der Waals surface area contributed by atoms with Gasteiger partial charge in [0, 0.05) is 19.3 Å². The van der Waals surface area contributed by atoms with Crippen LogP contribution in [0.4, 0.5) is 5.69 Å². The molecule has 0 bridgehead atoms. The van der Waals surface area contributed by atoms with E-state index >= 15 is 0 Å². The molecular formula is C11H20N4OS. The molecule has 1 heterocycles. The summed E-state index contributed by atoms with van der Waals surface area (Å²) in [6, 6.07) is 0.142. The number of aromatic nitrogens is 2. The van der Waals surface area contributed by atoms with Gasteiger partial charge in [-0.15, -0.1) is 0 Å². The van der Waals surface area contributed by atoms with E-state index in [1.54, 1.807) is 17.9 Å². The number of rotatable bonds is 6. The SMILES string of the molecule is CCSCCC(C)NC(=O)c1nn(C)cc1N. The van der Waals surface area contributed by atoms with Crippen LogP contribution in [0.2, 0.25) is 0 Å². The first-order valence-corrected chi connectivity index (χ1v) is 6.87. The Morgan fingerprint density at radius 1 is 1.71 bits per heavy atom. The summed E-state index contributed by atoms with van der Waals surface area (Å²) < 4.78 is 1.54. The molecule has 0 saturated heterocycles. The highest BCUT2D eigenvalue weighted by molar-refractivity contribution is 7.99. The monoisotopic (exact) mass is 256 g/mol. The average molecular weight is 256 g/mol. The van der Waals surface area contributed by atoms with Gasteiger partial charge in [0.15, 0.2) is 5.69 Å². The molecule has 1 atom stereocenters. The van der Waals surface area contributed by atoms with Gasteiger partial charge in [-0.2, -0.15) is 16.9 Å². The molecule has 96 valence electrons. The molecule has 1 aromatic heterocycles. The fourth-order valence-corrected chi connectivity index (χ4v) is 2.26. The molecule has 0 aliphatic heterocycles. The molecular weight excluding hydrogens is 236 g/mol. The van der Waals surface area contributed by atoms with Crippen LogP contribution in [0.5, 0.6) is 0 Å². The molecule has 3 N–H and O–H groups in total. The highest BCUT2D eigenvalue weighted by atomic mass is 32.2. The minimum atomic E-state index is -0.197. The summed E-state index contributed by atoms with van der Waals surface area (Å²) in [4.78, 5) is 11.8. The molecule has 0 saturated carbocycles. The fourth-order valence-electron chi connectivity index (χ4n) is 1.45. The summed E-state index contributed by atoms with van der Waals surface area (Å²) in [5, 5.41) is 6.94. The normalized spacial score (nSPS) is 12.4. The number of amides is 1. The molecule has 6 heteroatoms. The summed E-state index contributed by atoms with van der Waals surface area (Å²) in [7, 11) is 1.74. The van der Waals surface area contributed by atoms with Gasteiger partial charge in [0.05, 0.1) is 5.69 Å². The molecule has 1 unspecified atom stereocenters. The second-order valence-corrected chi connectivity index (χ2v) is 5.36. The zero-order valence-electron chi connectivity index (χ0n) is 10.6. The zero-order chi connectivity index (χ0) is 12.8. The van der Waals surface area contributed by atoms with Crippen molar-refractivity contribution in [3.8, 4) is 0 Å². The molecule has 0 spiro atoms. The van der Waals surface area contributed by atoms with Gasteiger partial charge in [-0.05, 0) is 24.9 Å². The molecule has 1 rings (SSSR count). The van der Waals surface area contributed by atoms with E-state index in [1.165, 1.54) is 0 Å². The van der Waals surface area contributed by atoms with Crippen LogP contribution in [0.3, 0.4) is 0 Å². The molecule has 0 aromatic carbocycles. The van der Waals surface area contributed by atoms with Crippen LogP contribution in [0.1, 0.15) is 30.8 Å². The van der Waals surface area contributed by atoms with Crippen LogP contribution in [0, 0.1) is 0 Å². The Morgan fingerprint density at radius 3 is 2.94 bits per heavy atom.